The van der Waals surface area contributed by atoms with Crippen molar-refractivity contribution >= 4 is 11.9 Å². The molecule has 2 rings (SSSR count). The Morgan fingerprint density at radius 3 is 2.10 bits per heavy atom. The number of benzene rings is 2. The highest BCUT2D eigenvalue weighted by Crippen LogP contribution is 2.20. The molecule has 0 aliphatic rings. The van der Waals surface area contributed by atoms with Crippen molar-refractivity contribution in [3.63, 3.8) is 0 Å². The van der Waals surface area contributed by atoms with E-state index in [0.717, 1.165) is 16.7 Å². The van der Waals surface area contributed by atoms with Gasteiger partial charge in [-0.15, -0.1) is 0 Å². The van der Waals surface area contributed by atoms with E-state index in [4.69, 9.17) is 5.26 Å². The molecule has 0 radical (unpaired) electrons. The van der Waals surface area contributed by atoms with E-state index in [1.807, 2.05) is 60.7 Å². The molecule has 0 saturated carbocycles. The first-order valence-corrected chi connectivity index (χ1v) is 6.93. The molecule has 104 valence electrons. The molecule has 0 amide bonds. The van der Waals surface area contributed by atoms with Crippen LogP contribution in [0.2, 0.25) is 0 Å². The number of nitriles is 1. The van der Waals surface area contributed by atoms with Crippen molar-refractivity contribution in [2.24, 2.45) is 5.92 Å². The molecular weight excluding hydrogens is 258 g/mol. The molecule has 0 fully saturated rings. The highest BCUT2D eigenvalue weighted by Gasteiger charge is 2.13. The van der Waals surface area contributed by atoms with Crippen molar-refractivity contribution in [3.8, 4) is 17.2 Å². The SMILES string of the molecule is CC(C)C(=O)C(C#N)=Cc1ccc(-c2ccccc2)cc1. The summed E-state index contributed by atoms with van der Waals surface area (Å²) in [7, 11) is 0. The molecule has 0 heterocycles. The Hall–Kier alpha value is -2.66. The minimum absolute atomic E-state index is 0.121. The first-order valence-electron chi connectivity index (χ1n) is 6.93. The summed E-state index contributed by atoms with van der Waals surface area (Å²) < 4.78 is 0. The third-order valence-electron chi connectivity index (χ3n) is 3.24. The van der Waals surface area contributed by atoms with Crippen LogP contribution < -0.4 is 0 Å². The van der Waals surface area contributed by atoms with Gasteiger partial charge in [0.15, 0.2) is 5.78 Å². The van der Waals surface area contributed by atoms with Gasteiger partial charge in [0.1, 0.15) is 6.07 Å². The predicted molar refractivity (Wildman–Crippen MR) is 85.3 cm³/mol. The van der Waals surface area contributed by atoms with Crippen LogP contribution in [-0.2, 0) is 4.79 Å². The van der Waals surface area contributed by atoms with Gasteiger partial charge in [-0.1, -0.05) is 68.4 Å². The maximum atomic E-state index is 11.9. The molecule has 2 aromatic carbocycles. The zero-order valence-electron chi connectivity index (χ0n) is 12.2. The quantitative estimate of drug-likeness (QED) is 0.609. The maximum absolute atomic E-state index is 11.9. The van der Waals surface area contributed by atoms with Gasteiger partial charge in [0.25, 0.3) is 0 Å². The molecule has 0 N–H and O–H groups in total. The number of carbonyl (C=O) groups is 1. The van der Waals surface area contributed by atoms with Crippen LogP contribution in [-0.4, -0.2) is 5.78 Å². The van der Waals surface area contributed by atoms with E-state index in [1.165, 1.54) is 0 Å². The number of hydrogen-bond acceptors (Lipinski definition) is 2. The summed E-state index contributed by atoms with van der Waals surface area (Å²) in [6.07, 6.45) is 1.65. The lowest BCUT2D eigenvalue weighted by molar-refractivity contribution is -0.117. The van der Waals surface area contributed by atoms with E-state index in [-0.39, 0.29) is 17.3 Å². The lowest BCUT2D eigenvalue weighted by Gasteiger charge is -2.04. The standard InChI is InChI=1S/C19H17NO/c1-14(2)19(21)18(13-20)12-15-8-10-17(11-9-15)16-6-4-3-5-7-16/h3-12,14H,1-2H3. The van der Waals surface area contributed by atoms with Gasteiger partial charge < -0.3 is 0 Å². The highest BCUT2D eigenvalue weighted by molar-refractivity contribution is 6.04. The van der Waals surface area contributed by atoms with Crippen molar-refractivity contribution < 1.29 is 4.79 Å². The third kappa shape index (κ3) is 3.67. The van der Waals surface area contributed by atoms with E-state index >= 15 is 0 Å². The number of rotatable bonds is 4. The van der Waals surface area contributed by atoms with Crippen LogP contribution in [0.4, 0.5) is 0 Å². The molecular formula is C19H17NO. The Morgan fingerprint density at radius 1 is 1.00 bits per heavy atom. The van der Waals surface area contributed by atoms with Crippen LogP contribution in [0.1, 0.15) is 19.4 Å². The summed E-state index contributed by atoms with van der Waals surface area (Å²) in [6, 6.07) is 19.9. The third-order valence-corrected chi connectivity index (χ3v) is 3.24. The summed E-state index contributed by atoms with van der Waals surface area (Å²) in [6.45, 7) is 3.60. The number of Topliss-reactive ketones (excluding diaryl/α,β-unsaturated/α-hetero) is 1. The van der Waals surface area contributed by atoms with Gasteiger partial charge in [-0.3, -0.25) is 4.79 Å². The van der Waals surface area contributed by atoms with Crippen LogP contribution in [0.3, 0.4) is 0 Å². The van der Waals surface area contributed by atoms with Crippen molar-refractivity contribution in [2.45, 2.75) is 13.8 Å². The average Bonchev–Trinajstić information content (AvgIpc) is 2.53. The second-order valence-electron chi connectivity index (χ2n) is 5.18. The summed E-state index contributed by atoms with van der Waals surface area (Å²) >= 11 is 0. The molecule has 0 bridgehead atoms. The Balaban J connectivity index is 2.27. The predicted octanol–water partition coefficient (Wildman–Crippen LogP) is 4.49. The molecule has 0 atom stereocenters. The van der Waals surface area contributed by atoms with Crippen molar-refractivity contribution in [2.75, 3.05) is 0 Å². The second kappa shape index (κ2) is 6.67. The van der Waals surface area contributed by atoms with Gasteiger partial charge in [0.2, 0.25) is 0 Å². The normalized spacial score (nSPS) is 11.2. The van der Waals surface area contributed by atoms with E-state index in [1.54, 1.807) is 19.9 Å². The minimum atomic E-state index is -0.167. The summed E-state index contributed by atoms with van der Waals surface area (Å²) in [5.74, 6) is -0.288. The van der Waals surface area contributed by atoms with E-state index < -0.39 is 0 Å². The monoisotopic (exact) mass is 275 g/mol. The van der Waals surface area contributed by atoms with E-state index in [9.17, 15) is 4.79 Å². The van der Waals surface area contributed by atoms with Gasteiger partial charge in [-0.25, -0.2) is 0 Å². The first-order chi connectivity index (χ1) is 10.1. The zero-order valence-corrected chi connectivity index (χ0v) is 12.2. The fraction of sp³-hybridized carbons (Fsp3) is 0.158. The lowest BCUT2D eigenvalue weighted by atomic mass is 9.98. The number of ketones is 1. The molecule has 0 aliphatic carbocycles. The molecule has 0 aliphatic heterocycles. The lowest BCUT2D eigenvalue weighted by Crippen LogP contribution is -2.08. The van der Waals surface area contributed by atoms with Crippen molar-refractivity contribution in [3.05, 3.63) is 65.7 Å². The van der Waals surface area contributed by atoms with Crippen LogP contribution in [0.5, 0.6) is 0 Å². The Kier molecular flexibility index (Phi) is 4.68. The van der Waals surface area contributed by atoms with Crippen LogP contribution >= 0.6 is 0 Å². The largest absolute Gasteiger partial charge is 0.293 e. The number of hydrogen-bond donors (Lipinski definition) is 0. The fourth-order valence-electron chi connectivity index (χ4n) is 2.04. The van der Waals surface area contributed by atoms with Crippen LogP contribution in [0, 0.1) is 17.2 Å². The smallest absolute Gasteiger partial charge is 0.175 e. The Morgan fingerprint density at radius 2 is 1.57 bits per heavy atom. The summed E-state index contributed by atoms with van der Waals surface area (Å²) in [5.41, 5.74) is 3.32. The molecule has 0 saturated heterocycles. The van der Waals surface area contributed by atoms with E-state index in [0.29, 0.717) is 0 Å². The van der Waals surface area contributed by atoms with Crippen LogP contribution in [0.15, 0.2) is 60.2 Å². The number of carbonyl (C=O) groups excluding carboxylic acids is 1. The summed E-state index contributed by atoms with van der Waals surface area (Å²) in [4.78, 5) is 11.9. The van der Waals surface area contributed by atoms with Crippen molar-refractivity contribution in [1.29, 1.82) is 5.26 Å². The molecule has 0 unspecified atom stereocenters. The molecule has 0 spiro atoms. The second-order valence-corrected chi connectivity index (χ2v) is 5.18. The number of allylic oxidation sites excluding steroid dienone is 1. The molecule has 2 heteroatoms. The minimum Gasteiger partial charge on any atom is -0.293 e. The topological polar surface area (TPSA) is 40.9 Å². The van der Waals surface area contributed by atoms with Gasteiger partial charge >= 0.3 is 0 Å². The van der Waals surface area contributed by atoms with Crippen molar-refractivity contribution in [1.82, 2.24) is 0 Å². The molecule has 21 heavy (non-hydrogen) atoms. The number of nitrogens with zero attached hydrogens (tertiary/aromatic N) is 1. The molecule has 2 aromatic rings. The van der Waals surface area contributed by atoms with Gasteiger partial charge in [-0.05, 0) is 22.8 Å². The van der Waals surface area contributed by atoms with Gasteiger partial charge in [0, 0.05) is 5.92 Å². The van der Waals surface area contributed by atoms with E-state index in [2.05, 4.69) is 0 Å². The molecule has 0 aromatic heterocycles. The zero-order chi connectivity index (χ0) is 15.2. The first kappa shape index (κ1) is 14.7. The maximum Gasteiger partial charge on any atom is 0.175 e. The fourth-order valence-corrected chi connectivity index (χ4v) is 2.04. The Labute approximate surface area is 125 Å². The highest BCUT2D eigenvalue weighted by atomic mass is 16.1. The Bertz CT molecular complexity index is 689. The molecule has 2 nitrogen and oxygen atoms in total. The average molecular weight is 275 g/mol. The van der Waals surface area contributed by atoms with Crippen LogP contribution in [0.25, 0.3) is 17.2 Å². The summed E-state index contributed by atoms with van der Waals surface area (Å²) in [5, 5.41) is 9.10. The van der Waals surface area contributed by atoms with Gasteiger partial charge in [-0.2, -0.15) is 5.26 Å². The van der Waals surface area contributed by atoms with Gasteiger partial charge in [0.05, 0.1) is 5.57 Å².